The Hall–Kier alpha value is -1.60. The molecule has 158 valence electrons. The summed E-state index contributed by atoms with van der Waals surface area (Å²) in [5.74, 6) is 0.0564. The largest absolute Gasteiger partial charge is 0.375 e. The van der Waals surface area contributed by atoms with Crippen molar-refractivity contribution in [1.29, 1.82) is 0 Å². The van der Waals surface area contributed by atoms with E-state index in [1.54, 1.807) is 18.2 Å². The maximum atomic E-state index is 13.9. The fourth-order valence-corrected chi connectivity index (χ4v) is 5.64. The Balaban J connectivity index is 1.24. The summed E-state index contributed by atoms with van der Waals surface area (Å²) in [4.78, 5) is 27.2. The lowest BCUT2D eigenvalue weighted by Gasteiger charge is -2.37. The quantitative estimate of drug-likeness (QED) is 0.796. The zero-order chi connectivity index (χ0) is 20.2. The van der Waals surface area contributed by atoms with Gasteiger partial charge >= 0.3 is 0 Å². The summed E-state index contributed by atoms with van der Waals surface area (Å²) < 4.78 is 20.0. The lowest BCUT2D eigenvalue weighted by molar-refractivity contribution is -0.138. The molecule has 7 heteroatoms. The van der Waals surface area contributed by atoms with Crippen molar-refractivity contribution in [2.45, 2.75) is 68.4 Å². The van der Waals surface area contributed by atoms with Gasteiger partial charge in [0.05, 0.1) is 17.5 Å². The molecule has 3 aliphatic rings. The third-order valence-corrected chi connectivity index (χ3v) is 7.48. The molecule has 2 saturated heterocycles. The Bertz CT molecular complexity index is 733. The van der Waals surface area contributed by atoms with Gasteiger partial charge in [-0.05, 0) is 43.7 Å². The molecule has 2 amide bonds. The second kappa shape index (κ2) is 9.47. The van der Waals surface area contributed by atoms with Crippen LogP contribution in [0.15, 0.2) is 24.3 Å². The predicted molar refractivity (Wildman–Crippen MR) is 111 cm³/mol. The molecule has 0 bridgehead atoms. The minimum atomic E-state index is -0.489. The summed E-state index contributed by atoms with van der Waals surface area (Å²) in [7, 11) is 0. The van der Waals surface area contributed by atoms with E-state index in [0.29, 0.717) is 36.9 Å². The van der Waals surface area contributed by atoms with Gasteiger partial charge in [-0.15, -0.1) is 11.8 Å². The Labute approximate surface area is 175 Å². The van der Waals surface area contributed by atoms with Gasteiger partial charge in [-0.3, -0.25) is 9.59 Å². The number of benzene rings is 1. The third kappa shape index (κ3) is 5.12. The van der Waals surface area contributed by atoms with E-state index in [2.05, 4.69) is 5.32 Å². The van der Waals surface area contributed by atoms with Gasteiger partial charge in [0.2, 0.25) is 11.8 Å². The zero-order valence-corrected chi connectivity index (χ0v) is 17.5. The molecule has 1 aromatic carbocycles. The van der Waals surface area contributed by atoms with E-state index in [9.17, 15) is 14.0 Å². The maximum absolute atomic E-state index is 13.9. The van der Waals surface area contributed by atoms with Crippen molar-refractivity contribution in [3.63, 3.8) is 0 Å². The van der Waals surface area contributed by atoms with Gasteiger partial charge in [-0.2, -0.15) is 0 Å². The lowest BCUT2D eigenvalue weighted by atomic mass is 10.1. The average Bonchev–Trinajstić information content (AvgIpc) is 3.24. The summed E-state index contributed by atoms with van der Waals surface area (Å²) in [5.41, 5.74) is 0.536. The fraction of sp³-hybridized carbons (Fsp3) is 0.636. The molecule has 0 spiro atoms. The number of ether oxygens (including phenoxy) is 1. The second-order valence-electron chi connectivity index (χ2n) is 8.25. The lowest BCUT2D eigenvalue weighted by Crippen LogP contribution is -2.56. The Morgan fingerprint density at radius 1 is 1.14 bits per heavy atom. The molecular formula is C22H29FN2O3S. The number of piperidine rings is 1. The third-order valence-electron chi connectivity index (χ3n) is 6.17. The van der Waals surface area contributed by atoms with Crippen molar-refractivity contribution in [3.8, 4) is 0 Å². The highest BCUT2D eigenvalue weighted by molar-refractivity contribution is 8.00. The predicted octanol–water partition coefficient (Wildman–Crippen LogP) is 2.92. The number of nitrogens with one attached hydrogen (secondary N) is 1. The van der Waals surface area contributed by atoms with Gasteiger partial charge in [0.25, 0.3) is 0 Å². The molecule has 2 heterocycles. The Morgan fingerprint density at radius 3 is 2.52 bits per heavy atom. The molecule has 1 N–H and O–H groups in total. The van der Waals surface area contributed by atoms with Crippen LogP contribution >= 0.6 is 11.8 Å². The smallest absolute Gasteiger partial charge is 0.246 e. The molecule has 1 aromatic rings. The van der Waals surface area contributed by atoms with Gasteiger partial charge in [0, 0.05) is 18.8 Å². The van der Waals surface area contributed by atoms with Crippen molar-refractivity contribution in [2.75, 3.05) is 18.8 Å². The van der Waals surface area contributed by atoms with Crippen LogP contribution in [0, 0.1) is 5.82 Å². The minimum Gasteiger partial charge on any atom is -0.375 e. The van der Waals surface area contributed by atoms with Crippen molar-refractivity contribution in [2.24, 2.45) is 0 Å². The van der Waals surface area contributed by atoms with Gasteiger partial charge in [-0.1, -0.05) is 31.0 Å². The molecule has 5 nitrogen and oxygen atoms in total. The van der Waals surface area contributed by atoms with Crippen LogP contribution in [0.25, 0.3) is 0 Å². The number of rotatable bonds is 5. The van der Waals surface area contributed by atoms with Crippen molar-refractivity contribution in [1.82, 2.24) is 10.2 Å². The van der Waals surface area contributed by atoms with E-state index in [1.165, 1.54) is 43.5 Å². The number of thioether (sulfide) groups is 1. The standard InChI is InChI=1S/C22H29FN2O3S/c23-18-8-4-1-5-15(18)13-20-21(26)24-19(14-29-20)22(27)25-11-9-17(10-12-25)28-16-6-2-3-7-16/h1,4-5,8,16-17,19-20H,2-3,6-7,9-14H2,(H,24,26)/t19-,20+/m1/s1. The van der Waals surface area contributed by atoms with E-state index in [4.69, 9.17) is 4.74 Å². The number of carbonyl (C=O) groups excluding carboxylic acids is 2. The summed E-state index contributed by atoms with van der Waals surface area (Å²) >= 11 is 1.45. The highest BCUT2D eigenvalue weighted by Gasteiger charge is 2.36. The van der Waals surface area contributed by atoms with Crippen LogP contribution in [-0.4, -0.2) is 59.1 Å². The monoisotopic (exact) mass is 420 g/mol. The van der Waals surface area contributed by atoms with Crippen LogP contribution in [0.5, 0.6) is 0 Å². The number of amides is 2. The molecule has 0 aromatic heterocycles. The molecule has 1 saturated carbocycles. The zero-order valence-electron chi connectivity index (χ0n) is 16.6. The van der Waals surface area contributed by atoms with Gasteiger partial charge < -0.3 is 15.0 Å². The van der Waals surface area contributed by atoms with Crippen molar-refractivity contribution >= 4 is 23.6 Å². The molecule has 0 radical (unpaired) electrons. The van der Waals surface area contributed by atoms with Crippen LogP contribution in [0.4, 0.5) is 4.39 Å². The number of nitrogens with zero attached hydrogens (tertiary/aromatic N) is 1. The molecule has 2 aliphatic heterocycles. The van der Waals surface area contributed by atoms with Crippen LogP contribution in [-0.2, 0) is 20.7 Å². The Kier molecular flexibility index (Phi) is 6.75. The van der Waals surface area contributed by atoms with E-state index < -0.39 is 6.04 Å². The first kappa shape index (κ1) is 20.7. The molecule has 2 atom stereocenters. The van der Waals surface area contributed by atoms with E-state index in [1.807, 2.05) is 4.90 Å². The highest BCUT2D eigenvalue weighted by atomic mass is 32.2. The Morgan fingerprint density at radius 2 is 1.83 bits per heavy atom. The van der Waals surface area contributed by atoms with Gasteiger partial charge in [0.1, 0.15) is 11.9 Å². The first-order valence-corrected chi connectivity index (χ1v) is 11.7. The summed E-state index contributed by atoms with van der Waals surface area (Å²) in [6, 6.07) is 6.04. The van der Waals surface area contributed by atoms with E-state index >= 15 is 0 Å². The molecule has 4 rings (SSSR count). The summed E-state index contributed by atoms with van der Waals surface area (Å²) in [6.45, 7) is 1.37. The number of carbonyl (C=O) groups is 2. The topological polar surface area (TPSA) is 58.6 Å². The summed E-state index contributed by atoms with van der Waals surface area (Å²) in [6.07, 6.45) is 7.59. The minimum absolute atomic E-state index is 0.00509. The van der Waals surface area contributed by atoms with E-state index in [-0.39, 0.29) is 29.0 Å². The summed E-state index contributed by atoms with van der Waals surface area (Å²) in [5, 5.41) is 2.51. The molecule has 29 heavy (non-hydrogen) atoms. The van der Waals surface area contributed by atoms with Crippen LogP contribution < -0.4 is 5.32 Å². The molecule has 3 fully saturated rings. The first-order valence-electron chi connectivity index (χ1n) is 10.7. The average molecular weight is 421 g/mol. The SMILES string of the molecule is O=C1N[C@@H](C(=O)N2CCC(OC3CCCC3)CC2)CS[C@H]1Cc1ccccc1F. The highest BCUT2D eigenvalue weighted by Crippen LogP contribution is 2.27. The molecule has 0 unspecified atom stereocenters. The molecule has 1 aliphatic carbocycles. The van der Waals surface area contributed by atoms with Crippen molar-refractivity contribution < 1.29 is 18.7 Å². The maximum Gasteiger partial charge on any atom is 0.246 e. The normalized spacial score (nSPS) is 26.5. The first-order chi connectivity index (χ1) is 14.1. The number of hydrogen-bond acceptors (Lipinski definition) is 4. The fourth-order valence-electron chi connectivity index (χ4n) is 4.47. The van der Waals surface area contributed by atoms with Crippen LogP contribution in [0.2, 0.25) is 0 Å². The van der Waals surface area contributed by atoms with Gasteiger partial charge in [-0.25, -0.2) is 4.39 Å². The van der Waals surface area contributed by atoms with Crippen LogP contribution in [0.3, 0.4) is 0 Å². The van der Waals surface area contributed by atoms with Gasteiger partial charge in [0.15, 0.2) is 0 Å². The number of halogens is 1. The van der Waals surface area contributed by atoms with Crippen LogP contribution in [0.1, 0.15) is 44.1 Å². The van der Waals surface area contributed by atoms with Crippen molar-refractivity contribution in [3.05, 3.63) is 35.6 Å². The second-order valence-corrected chi connectivity index (χ2v) is 9.48. The number of hydrogen-bond donors (Lipinski definition) is 1. The van der Waals surface area contributed by atoms with E-state index in [0.717, 1.165) is 12.8 Å². The molecular weight excluding hydrogens is 391 g/mol. The number of likely N-dealkylation sites (tertiary alicyclic amines) is 1.